The summed E-state index contributed by atoms with van der Waals surface area (Å²) in [5.41, 5.74) is -1.19. The molecule has 0 radical (unpaired) electrons. The van der Waals surface area contributed by atoms with E-state index in [0.717, 1.165) is 43.4 Å². The van der Waals surface area contributed by atoms with Crippen molar-refractivity contribution in [1.29, 1.82) is 5.26 Å². The molecular formula is C25H27F3N2O2. The van der Waals surface area contributed by atoms with E-state index in [1.807, 2.05) is 25.1 Å². The zero-order valence-corrected chi connectivity index (χ0v) is 18.2. The van der Waals surface area contributed by atoms with Crippen molar-refractivity contribution in [3.63, 3.8) is 0 Å². The molecular weight excluding hydrogens is 417 g/mol. The first-order chi connectivity index (χ1) is 15.1. The largest absolute Gasteiger partial charge is 0.421 e. The summed E-state index contributed by atoms with van der Waals surface area (Å²) < 4.78 is 39.2. The van der Waals surface area contributed by atoms with Gasteiger partial charge in [-0.1, -0.05) is 24.3 Å². The lowest BCUT2D eigenvalue weighted by Gasteiger charge is -2.37. The molecule has 1 N–H and O–H groups in total. The smallest absolute Gasteiger partial charge is 0.376 e. The highest BCUT2D eigenvalue weighted by Gasteiger charge is 2.51. The summed E-state index contributed by atoms with van der Waals surface area (Å²) in [5.74, 6) is 0.123. The van der Waals surface area contributed by atoms with Crippen LogP contribution in [0.5, 0.6) is 0 Å². The molecule has 1 aliphatic carbocycles. The molecule has 3 rings (SSSR count). The highest BCUT2D eigenvalue weighted by molar-refractivity contribution is 5.94. The van der Waals surface area contributed by atoms with Crippen LogP contribution in [-0.4, -0.2) is 34.7 Å². The van der Waals surface area contributed by atoms with Crippen molar-refractivity contribution in [2.24, 2.45) is 0 Å². The second-order valence-electron chi connectivity index (χ2n) is 8.48. The lowest BCUT2D eigenvalue weighted by atomic mass is 9.80. The maximum atomic E-state index is 13.1. The Morgan fingerprint density at radius 1 is 1.12 bits per heavy atom. The maximum Gasteiger partial charge on any atom is 0.421 e. The number of nitriles is 1. The average molecular weight is 444 g/mol. The van der Waals surface area contributed by atoms with Crippen molar-refractivity contribution in [3.8, 4) is 6.07 Å². The minimum atomic E-state index is -4.81. The summed E-state index contributed by atoms with van der Waals surface area (Å²) >= 11 is 0. The van der Waals surface area contributed by atoms with E-state index in [4.69, 9.17) is 5.26 Å². The van der Waals surface area contributed by atoms with E-state index < -0.39 is 11.8 Å². The number of alkyl halides is 3. The third-order valence-electron chi connectivity index (χ3n) is 6.47. The van der Waals surface area contributed by atoms with Gasteiger partial charge in [0.25, 0.3) is 5.91 Å². The second kappa shape index (κ2) is 9.33. The summed E-state index contributed by atoms with van der Waals surface area (Å²) in [6, 6.07) is 14.9. The van der Waals surface area contributed by atoms with Crippen molar-refractivity contribution in [2.75, 3.05) is 6.54 Å². The lowest BCUT2D eigenvalue weighted by molar-refractivity contribution is -0.258. The third kappa shape index (κ3) is 4.81. The summed E-state index contributed by atoms with van der Waals surface area (Å²) in [6.07, 6.45) is -1.36. The molecule has 32 heavy (non-hydrogen) atoms. The average Bonchev–Trinajstić information content (AvgIpc) is 2.79. The molecule has 0 heterocycles. The molecule has 0 saturated heterocycles. The fourth-order valence-electron chi connectivity index (χ4n) is 4.42. The fraction of sp³-hybridized carbons (Fsp3) is 0.440. The van der Waals surface area contributed by atoms with Gasteiger partial charge in [0.05, 0.1) is 11.6 Å². The predicted octanol–water partition coefficient (Wildman–Crippen LogP) is 5.52. The fourth-order valence-corrected chi connectivity index (χ4v) is 4.42. The molecule has 0 unspecified atom stereocenters. The van der Waals surface area contributed by atoms with Gasteiger partial charge in [0.15, 0.2) is 5.60 Å². The third-order valence-corrected chi connectivity index (χ3v) is 6.47. The summed E-state index contributed by atoms with van der Waals surface area (Å²) in [5, 5.41) is 18.9. The van der Waals surface area contributed by atoms with Gasteiger partial charge in [-0.05, 0) is 80.8 Å². The standard InChI is InChI=1S/C25H27F3N2O2/c1-3-30(22-13-9-18(10-14-22)20-6-4-5-17(15-20)16-29)23(31)19-7-11-21(12-8-19)24(2,32)25(26,27)28/h4-8,11-12,15,18,22,32H,3,9-10,13-14H2,1-2H3/t18-,22+,24-/m0/s1. The normalized spacial score (nSPS) is 20.8. The first-order valence-electron chi connectivity index (χ1n) is 10.8. The quantitative estimate of drug-likeness (QED) is 0.661. The van der Waals surface area contributed by atoms with Gasteiger partial charge in [-0.3, -0.25) is 4.79 Å². The molecule has 0 aliphatic heterocycles. The van der Waals surface area contributed by atoms with E-state index in [1.165, 1.54) is 12.1 Å². The van der Waals surface area contributed by atoms with Crippen LogP contribution in [0.2, 0.25) is 0 Å². The first kappa shape index (κ1) is 23.8. The number of amides is 1. The number of benzene rings is 2. The highest BCUT2D eigenvalue weighted by atomic mass is 19.4. The Balaban J connectivity index is 1.68. The van der Waals surface area contributed by atoms with Crippen molar-refractivity contribution < 1.29 is 23.1 Å². The number of carbonyl (C=O) groups excluding carboxylic acids is 1. The van der Waals surface area contributed by atoms with Crippen molar-refractivity contribution >= 4 is 5.91 Å². The Hall–Kier alpha value is -2.85. The van der Waals surface area contributed by atoms with Crippen LogP contribution in [0.25, 0.3) is 0 Å². The highest BCUT2D eigenvalue weighted by Crippen LogP contribution is 2.39. The Kier molecular flexibility index (Phi) is 6.94. The number of carbonyl (C=O) groups is 1. The second-order valence-corrected chi connectivity index (χ2v) is 8.48. The van der Waals surface area contributed by atoms with Crippen LogP contribution in [0.1, 0.15) is 72.5 Å². The molecule has 1 saturated carbocycles. The van der Waals surface area contributed by atoms with Gasteiger partial charge in [0.1, 0.15) is 0 Å². The van der Waals surface area contributed by atoms with Crippen molar-refractivity contribution in [1.82, 2.24) is 4.90 Å². The van der Waals surface area contributed by atoms with Gasteiger partial charge in [0.2, 0.25) is 0 Å². The van der Waals surface area contributed by atoms with Crippen LogP contribution in [0.4, 0.5) is 13.2 Å². The molecule has 0 spiro atoms. The topological polar surface area (TPSA) is 64.3 Å². The molecule has 0 bridgehead atoms. The number of hydrogen-bond donors (Lipinski definition) is 1. The molecule has 1 fully saturated rings. The van der Waals surface area contributed by atoms with Crippen LogP contribution >= 0.6 is 0 Å². The zero-order valence-electron chi connectivity index (χ0n) is 18.2. The Morgan fingerprint density at radius 3 is 2.28 bits per heavy atom. The molecule has 2 aromatic rings. The molecule has 1 aliphatic rings. The van der Waals surface area contributed by atoms with Gasteiger partial charge in [-0.15, -0.1) is 0 Å². The van der Waals surface area contributed by atoms with Crippen LogP contribution < -0.4 is 0 Å². The molecule has 4 nitrogen and oxygen atoms in total. The van der Waals surface area contributed by atoms with Crippen LogP contribution in [-0.2, 0) is 5.60 Å². The molecule has 1 atom stereocenters. The van der Waals surface area contributed by atoms with Gasteiger partial charge < -0.3 is 10.0 Å². The van der Waals surface area contributed by atoms with Crippen molar-refractivity contribution in [2.45, 2.75) is 63.3 Å². The Labute approximate surface area is 186 Å². The van der Waals surface area contributed by atoms with E-state index in [1.54, 1.807) is 11.0 Å². The first-order valence-corrected chi connectivity index (χ1v) is 10.8. The van der Waals surface area contributed by atoms with Gasteiger partial charge >= 0.3 is 6.18 Å². The number of nitrogens with zero attached hydrogens (tertiary/aromatic N) is 2. The van der Waals surface area contributed by atoms with Crippen LogP contribution in [0, 0.1) is 11.3 Å². The molecule has 7 heteroatoms. The number of hydrogen-bond acceptors (Lipinski definition) is 3. The SMILES string of the molecule is CCN(C(=O)c1ccc([C@](C)(O)C(F)(F)F)cc1)[C@H]1CC[C@@H](c2cccc(C#N)c2)CC1. The van der Waals surface area contributed by atoms with Gasteiger partial charge in [-0.25, -0.2) is 0 Å². The summed E-state index contributed by atoms with van der Waals surface area (Å²) in [7, 11) is 0. The van der Waals surface area contributed by atoms with E-state index in [9.17, 15) is 23.1 Å². The zero-order chi connectivity index (χ0) is 23.5. The number of rotatable bonds is 5. The Bertz CT molecular complexity index is 985. The molecule has 1 amide bonds. The van der Waals surface area contributed by atoms with E-state index in [0.29, 0.717) is 30.5 Å². The lowest BCUT2D eigenvalue weighted by Crippen LogP contribution is -2.42. The van der Waals surface area contributed by atoms with Crippen molar-refractivity contribution in [3.05, 3.63) is 70.8 Å². The van der Waals surface area contributed by atoms with Crippen LogP contribution in [0.15, 0.2) is 48.5 Å². The van der Waals surface area contributed by atoms with Crippen LogP contribution in [0.3, 0.4) is 0 Å². The molecule has 2 aromatic carbocycles. The maximum absolute atomic E-state index is 13.1. The number of aliphatic hydroxyl groups is 1. The van der Waals surface area contributed by atoms with E-state index in [2.05, 4.69) is 6.07 Å². The molecule has 0 aromatic heterocycles. The molecule has 170 valence electrons. The van der Waals surface area contributed by atoms with Gasteiger partial charge in [-0.2, -0.15) is 18.4 Å². The minimum Gasteiger partial charge on any atom is -0.376 e. The van der Waals surface area contributed by atoms with Gasteiger partial charge in [0, 0.05) is 18.2 Å². The number of halogens is 3. The van der Waals surface area contributed by atoms with E-state index >= 15 is 0 Å². The predicted molar refractivity (Wildman–Crippen MR) is 115 cm³/mol. The monoisotopic (exact) mass is 444 g/mol. The minimum absolute atomic E-state index is 0.0564. The summed E-state index contributed by atoms with van der Waals surface area (Å²) in [4.78, 5) is 14.8. The summed E-state index contributed by atoms with van der Waals surface area (Å²) in [6.45, 7) is 3.09. The Morgan fingerprint density at radius 2 is 1.75 bits per heavy atom. The van der Waals surface area contributed by atoms with E-state index in [-0.39, 0.29) is 17.5 Å².